The van der Waals surface area contributed by atoms with Gasteiger partial charge in [-0.3, -0.25) is 9.59 Å². The predicted molar refractivity (Wildman–Crippen MR) is 112 cm³/mol. The van der Waals surface area contributed by atoms with Gasteiger partial charge in [0, 0.05) is 24.1 Å². The third-order valence-electron chi connectivity index (χ3n) is 4.57. The SMILES string of the molecule is O=C(NCc1ccccc1)c1ccc(-c2noc(C(=O)Cc3ccccc3)n2)cc1. The van der Waals surface area contributed by atoms with Gasteiger partial charge in [0.15, 0.2) is 0 Å². The first-order valence-corrected chi connectivity index (χ1v) is 9.52. The molecule has 1 amide bonds. The van der Waals surface area contributed by atoms with Gasteiger partial charge in [0.1, 0.15) is 0 Å². The van der Waals surface area contributed by atoms with Crippen LogP contribution in [0.4, 0.5) is 0 Å². The fourth-order valence-corrected chi connectivity index (χ4v) is 2.96. The molecule has 0 radical (unpaired) electrons. The van der Waals surface area contributed by atoms with Crippen molar-refractivity contribution in [3.05, 3.63) is 108 Å². The summed E-state index contributed by atoms with van der Waals surface area (Å²) in [6.07, 6.45) is 0.197. The molecule has 0 spiro atoms. The van der Waals surface area contributed by atoms with E-state index in [9.17, 15) is 9.59 Å². The molecule has 0 fully saturated rings. The summed E-state index contributed by atoms with van der Waals surface area (Å²) in [5.41, 5.74) is 3.10. The highest BCUT2D eigenvalue weighted by Crippen LogP contribution is 2.17. The Kier molecular flexibility index (Phi) is 5.75. The van der Waals surface area contributed by atoms with Crippen LogP contribution in [-0.2, 0) is 13.0 Å². The number of Topliss-reactive ketones (excluding diaryl/α,β-unsaturated/α-hetero) is 1. The molecule has 4 rings (SSSR count). The molecule has 148 valence electrons. The molecule has 3 aromatic carbocycles. The maximum atomic E-state index is 12.3. The Bertz CT molecular complexity index is 1140. The third-order valence-corrected chi connectivity index (χ3v) is 4.57. The Morgan fingerprint density at radius 2 is 1.43 bits per heavy atom. The number of carbonyl (C=O) groups is 2. The molecular formula is C24H19N3O3. The minimum atomic E-state index is -0.239. The summed E-state index contributed by atoms with van der Waals surface area (Å²) in [6, 6.07) is 25.9. The Balaban J connectivity index is 1.39. The van der Waals surface area contributed by atoms with Crippen molar-refractivity contribution >= 4 is 11.7 Å². The number of aromatic nitrogens is 2. The van der Waals surface area contributed by atoms with Crippen molar-refractivity contribution in [1.82, 2.24) is 15.5 Å². The Labute approximate surface area is 173 Å². The molecule has 0 saturated carbocycles. The van der Waals surface area contributed by atoms with Crippen molar-refractivity contribution < 1.29 is 14.1 Å². The fourth-order valence-electron chi connectivity index (χ4n) is 2.96. The monoisotopic (exact) mass is 397 g/mol. The summed E-state index contributed by atoms with van der Waals surface area (Å²) in [7, 11) is 0. The molecule has 1 heterocycles. The molecule has 1 N–H and O–H groups in total. The van der Waals surface area contributed by atoms with Crippen LogP contribution < -0.4 is 5.32 Å². The topological polar surface area (TPSA) is 85.1 Å². The van der Waals surface area contributed by atoms with E-state index in [1.54, 1.807) is 24.3 Å². The zero-order valence-electron chi connectivity index (χ0n) is 16.1. The van der Waals surface area contributed by atoms with Crippen molar-refractivity contribution in [2.24, 2.45) is 0 Å². The summed E-state index contributed by atoms with van der Waals surface area (Å²) < 4.78 is 5.13. The predicted octanol–water partition coefficient (Wildman–Crippen LogP) is 4.09. The number of amides is 1. The summed E-state index contributed by atoms with van der Waals surface area (Å²) in [6.45, 7) is 0.457. The van der Waals surface area contributed by atoms with Crippen molar-refractivity contribution in [3.63, 3.8) is 0 Å². The second kappa shape index (κ2) is 8.96. The highest BCUT2D eigenvalue weighted by molar-refractivity contribution is 5.95. The standard InChI is InChI=1S/C24H19N3O3/c28-21(15-17-7-3-1-4-8-17)24-26-22(27-30-24)19-11-13-20(14-12-19)23(29)25-16-18-9-5-2-6-10-18/h1-14H,15-16H2,(H,25,29). The summed E-state index contributed by atoms with van der Waals surface area (Å²) in [4.78, 5) is 28.9. The van der Waals surface area contributed by atoms with E-state index in [0.29, 0.717) is 23.5 Å². The zero-order valence-corrected chi connectivity index (χ0v) is 16.1. The van der Waals surface area contributed by atoms with Gasteiger partial charge in [-0.25, -0.2) is 0 Å². The third kappa shape index (κ3) is 4.67. The van der Waals surface area contributed by atoms with Crippen LogP contribution in [0.3, 0.4) is 0 Å². The molecule has 0 saturated heterocycles. The Morgan fingerprint density at radius 1 is 0.800 bits per heavy atom. The molecule has 30 heavy (non-hydrogen) atoms. The van der Waals surface area contributed by atoms with E-state index < -0.39 is 0 Å². The molecule has 6 heteroatoms. The van der Waals surface area contributed by atoms with Crippen molar-refractivity contribution in [2.75, 3.05) is 0 Å². The first-order chi connectivity index (χ1) is 14.7. The summed E-state index contributed by atoms with van der Waals surface area (Å²) in [5, 5.41) is 6.78. The molecule has 1 aromatic heterocycles. The molecule has 0 aliphatic heterocycles. The van der Waals surface area contributed by atoms with Crippen LogP contribution in [0.2, 0.25) is 0 Å². The fraction of sp³-hybridized carbons (Fsp3) is 0.0833. The van der Waals surface area contributed by atoms with Crippen LogP contribution in [0.5, 0.6) is 0 Å². The minimum absolute atomic E-state index is 0.0291. The van der Waals surface area contributed by atoms with Crippen molar-refractivity contribution in [1.29, 1.82) is 0 Å². The van der Waals surface area contributed by atoms with Crippen LogP contribution in [-0.4, -0.2) is 21.8 Å². The highest BCUT2D eigenvalue weighted by Gasteiger charge is 2.17. The molecular weight excluding hydrogens is 378 g/mol. The van der Waals surface area contributed by atoms with Crippen LogP contribution >= 0.6 is 0 Å². The molecule has 0 aliphatic rings. The normalized spacial score (nSPS) is 10.5. The molecule has 6 nitrogen and oxygen atoms in total. The quantitative estimate of drug-likeness (QED) is 0.475. The van der Waals surface area contributed by atoms with Crippen LogP contribution in [0.25, 0.3) is 11.4 Å². The van der Waals surface area contributed by atoms with Gasteiger partial charge in [-0.05, 0) is 23.3 Å². The van der Waals surface area contributed by atoms with E-state index >= 15 is 0 Å². The van der Waals surface area contributed by atoms with Gasteiger partial charge in [0.25, 0.3) is 11.8 Å². The van der Waals surface area contributed by atoms with Crippen molar-refractivity contribution in [3.8, 4) is 11.4 Å². The van der Waals surface area contributed by atoms with Gasteiger partial charge in [0.2, 0.25) is 11.6 Å². The van der Waals surface area contributed by atoms with Crippen LogP contribution in [0.15, 0.2) is 89.5 Å². The van der Waals surface area contributed by atoms with Gasteiger partial charge in [-0.2, -0.15) is 4.98 Å². The Morgan fingerprint density at radius 3 is 2.10 bits per heavy atom. The number of hydrogen-bond acceptors (Lipinski definition) is 5. The lowest BCUT2D eigenvalue weighted by Crippen LogP contribution is -2.22. The smallest absolute Gasteiger partial charge is 0.294 e. The molecule has 0 unspecified atom stereocenters. The van der Waals surface area contributed by atoms with E-state index in [-0.39, 0.29) is 24.0 Å². The first-order valence-electron chi connectivity index (χ1n) is 9.52. The summed E-state index contributed by atoms with van der Waals surface area (Å²) in [5.74, 6) is -0.129. The Hall–Kier alpha value is -4.06. The lowest BCUT2D eigenvalue weighted by Gasteiger charge is -2.05. The van der Waals surface area contributed by atoms with Crippen molar-refractivity contribution in [2.45, 2.75) is 13.0 Å². The minimum Gasteiger partial charge on any atom is -0.348 e. The maximum Gasteiger partial charge on any atom is 0.294 e. The van der Waals surface area contributed by atoms with E-state index in [2.05, 4.69) is 15.5 Å². The number of rotatable bonds is 7. The average molecular weight is 397 g/mol. The highest BCUT2D eigenvalue weighted by atomic mass is 16.5. The van der Waals surface area contributed by atoms with E-state index in [4.69, 9.17) is 4.52 Å². The second-order valence-corrected chi connectivity index (χ2v) is 6.75. The number of hydrogen-bond donors (Lipinski definition) is 1. The number of benzene rings is 3. The number of nitrogens with zero attached hydrogens (tertiary/aromatic N) is 2. The number of carbonyl (C=O) groups excluding carboxylic acids is 2. The number of ketones is 1. The first kappa shape index (κ1) is 19.3. The average Bonchev–Trinajstić information content (AvgIpc) is 3.29. The molecule has 0 bridgehead atoms. The number of nitrogens with one attached hydrogen (secondary N) is 1. The molecule has 0 aliphatic carbocycles. The van der Waals surface area contributed by atoms with Gasteiger partial charge in [-0.1, -0.05) is 78.0 Å². The van der Waals surface area contributed by atoms with Gasteiger partial charge >= 0.3 is 0 Å². The van der Waals surface area contributed by atoms with E-state index in [0.717, 1.165) is 11.1 Å². The molecule has 4 aromatic rings. The maximum absolute atomic E-state index is 12.3. The zero-order chi connectivity index (χ0) is 20.8. The second-order valence-electron chi connectivity index (χ2n) is 6.75. The van der Waals surface area contributed by atoms with Gasteiger partial charge < -0.3 is 9.84 Å². The van der Waals surface area contributed by atoms with Crippen LogP contribution in [0, 0.1) is 0 Å². The van der Waals surface area contributed by atoms with E-state index in [1.165, 1.54) is 0 Å². The van der Waals surface area contributed by atoms with Gasteiger partial charge in [-0.15, -0.1) is 0 Å². The van der Waals surface area contributed by atoms with E-state index in [1.807, 2.05) is 60.7 Å². The van der Waals surface area contributed by atoms with Gasteiger partial charge in [0.05, 0.1) is 0 Å². The largest absolute Gasteiger partial charge is 0.348 e. The lowest BCUT2D eigenvalue weighted by molar-refractivity contribution is 0.0943. The molecule has 0 atom stereocenters. The van der Waals surface area contributed by atoms with Crippen LogP contribution in [0.1, 0.15) is 32.2 Å². The lowest BCUT2D eigenvalue weighted by atomic mass is 10.1. The summed E-state index contributed by atoms with van der Waals surface area (Å²) >= 11 is 0.